The number of benzene rings is 2. The highest BCUT2D eigenvalue weighted by Crippen LogP contribution is 2.48. The highest BCUT2D eigenvalue weighted by atomic mass is 35.5. The smallest absolute Gasteiger partial charge is 0.243 e. The second-order valence-electron chi connectivity index (χ2n) is 9.52. The molecule has 1 aromatic heterocycles. The van der Waals surface area contributed by atoms with Gasteiger partial charge in [0.15, 0.2) is 5.78 Å². The lowest BCUT2D eigenvalue weighted by Gasteiger charge is -2.27. The molecule has 0 bridgehead atoms. The van der Waals surface area contributed by atoms with E-state index in [4.69, 9.17) is 23.2 Å². The summed E-state index contributed by atoms with van der Waals surface area (Å²) in [7, 11) is 0. The second-order valence-corrected chi connectivity index (χ2v) is 9.93. The molecule has 11 heteroatoms. The van der Waals surface area contributed by atoms with E-state index < -0.39 is 11.9 Å². The molecular weight excluding hydrogens is 499 g/mol. The molecule has 0 radical (unpaired) electrons. The minimum Gasteiger partial charge on any atom is -0.382 e. The summed E-state index contributed by atoms with van der Waals surface area (Å²) in [6.07, 6.45) is 3.04. The average molecular weight is 525 g/mol. The van der Waals surface area contributed by atoms with Gasteiger partial charge in [-0.25, -0.2) is 4.39 Å². The highest BCUT2D eigenvalue weighted by Gasteiger charge is 2.55. The lowest BCUT2D eigenvalue weighted by Crippen LogP contribution is -2.48. The molecule has 2 aromatic carbocycles. The van der Waals surface area contributed by atoms with Crippen LogP contribution in [0.25, 0.3) is 10.9 Å². The molecular formula is C26H26ClFN6O3. The predicted octanol–water partition coefficient (Wildman–Crippen LogP) is 2.52. The van der Waals surface area contributed by atoms with E-state index in [1.807, 2.05) is 0 Å². The van der Waals surface area contributed by atoms with Crippen molar-refractivity contribution in [3.8, 4) is 0 Å². The molecule has 192 valence electrons. The number of nitrogens with zero attached hydrogens (tertiary/aromatic N) is 3. The predicted molar refractivity (Wildman–Crippen MR) is 137 cm³/mol. The van der Waals surface area contributed by atoms with Gasteiger partial charge < -0.3 is 26.4 Å². The molecule has 1 aliphatic heterocycles. The fourth-order valence-corrected chi connectivity index (χ4v) is 5.39. The minimum absolute atomic E-state index is 0.00385. The SMILES string of the molecule is CC(=O)c1cn(CC(=O)N2[C@@H]3CC3C[C@H]2C(=O)NCc2cccc(Cl)c2F)c2cc(/C(N)=N/N)ccc12. The van der Waals surface area contributed by atoms with Crippen LogP contribution in [0, 0.1) is 11.7 Å². The van der Waals surface area contributed by atoms with Gasteiger partial charge in [-0.15, -0.1) is 0 Å². The number of hydrogen-bond acceptors (Lipinski definition) is 5. The van der Waals surface area contributed by atoms with Gasteiger partial charge in [0.05, 0.1) is 5.02 Å². The molecule has 5 rings (SSSR count). The maximum atomic E-state index is 14.2. The Kier molecular flexibility index (Phi) is 6.36. The first-order valence-corrected chi connectivity index (χ1v) is 12.3. The van der Waals surface area contributed by atoms with Crippen LogP contribution in [0.2, 0.25) is 5.02 Å². The van der Waals surface area contributed by atoms with E-state index in [2.05, 4.69) is 10.4 Å². The summed E-state index contributed by atoms with van der Waals surface area (Å²) >= 11 is 5.84. The Morgan fingerprint density at radius 2 is 2.00 bits per heavy atom. The number of nitrogens with two attached hydrogens (primary N) is 2. The van der Waals surface area contributed by atoms with Crippen LogP contribution in [-0.4, -0.2) is 45.0 Å². The van der Waals surface area contributed by atoms with E-state index in [-0.39, 0.29) is 59.1 Å². The van der Waals surface area contributed by atoms with E-state index in [9.17, 15) is 18.8 Å². The van der Waals surface area contributed by atoms with Crippen LogP contribution in [0.3, 0.4) is 0 Å². The molecule has 3 aromatic rings. The van der Waals surface area contributed by atoms with Crippen molar-refractivity contribution in [2.45, 2.75) is 44.9 Å². The number of halogens is 2. The molecule has 9 nitrogen and oxygen atoms in total. The lowest BCUT2D eigenvalue weighted by atomic mass is 10.1. The number of piperidine rings is 1. The van der Waals surface area contributed by atoms with E-state index in [1.165, 1.54) is 13.0 Å². The Morgan fingerprint density at radius 1 is 1.22 bits per heavy atom. The van der Waals surface area contributed by atoms with Gasteiger partial charge in [-0.1, -0.05) is 35.9 Å². The normalized spacial score (nSPS) is 20.7. The molecule has 0 spiro atoms. The molecule has 2 heterocycles. The number of amidine groups is 1. The summed E-state index contributed by atoms with van der Waals surface area (Å²) in [5.74, 6) is 4.42. The number of fused-ring (bicyclic) bond motifs is 2. The van der Waals surface area contributed by atoms with Gasteiger partial charge in [-0.3, -0.25) is 14.4 Å². The molecule has 3 atom stereocenters. The fourth-order valence-electron chi connectivity index (χ4n) is 5.20. The van der Waals surface area contributed by atoms with Crippen LogP contribution in [0.4, 0.5) is 4.39 Å². The third-order valence-corrected chi connectivity index (χ3v) is 7.47. The highest BCUT2D eigenvalue weighted by molar-refractivity contribution is 6.30. The zero-order chi connectivity index (χ0) is 26.4. The summed E-state index contributed by atoms with van der Waals surface area (Å²) in [5.41, 5.74) is 7.80. The number of carbonyl (C=O) groups excluding carboxylic acids is 3. The van der Waals surface area contributed by atoms with Crippen molar-refractivity contribution < 1.29 is 18.8 Å². The molecule has 37 heavy (non-hydrogen) atoms. The number of Topliss-reactive ketones (excluding diaryl/α,β-unsaturated/α-hetero) is 1. The summed E-state index contributed by atoms with van der Waals surface area (Å²) < 4.78 is 15.9. The Hall–Kier alpha value is -3.92. The maximum Gasteiger partial charge on any atom is 0.243 e. The van der Waals surface area contributed by atoms with Crippen LogP contribution in [0.1, 0.15) is 41.3 Å². The number of carbonyl (C=O) groups is 3. The standard InChI is InChI=1S/C26H26ClFN6O3/c1-13(35)18-11-33(21-7-14(25(29)32-30)5-6-17(18)21)12-23(36)34-20-8-16(20)9-22(34)26(37)31-10-15-3-2-4-19(27)24(15)28/h2-7,11,16,20,22H,8-10,12,30H2,1H3,(H2,29,32)(H,31,37)/t16?,20-,22+/m1/s1. The Bertz CT molecular complexity index is 1470. The number of amides is 2. The minimum atomic E-state index is -0.650. The summed E-state index contributed by atoms with van der Waals surface area (Å²) in [6.45, 7) is 1.36. The number of hydrazone groups is 1. The number of hydrogen-bond donors (Lipinski definition) is 3. The van der Waals surface area contributed by atoms with Gasteiger partial charge in [-0.05, 0) is 37.8 Å². The average Bonchev–Trinajstić information content (AvgIpc) is 3.39. The Balaban J connectivity index is 1.37. The van der Waals surface area contributed by atoms with E-state index >= 15 is 0 Å². The second kappa shape index (κ2) is 9.51. The van der Waals surface area contributed by atoms with E-state index in [1.54, 1.807) is 46.0 Å². The zero-order valence-electron chi connectivity index (χ0n) is 20.1. The van der Waals surface area contributed by atoms with Crippen molar-refractivity contribution in [2.75, 3.05) is 0 Å². The van der Waals surface area contributed by atoms with Crippen molar-refractivity contribution in [3.05, 3.63) is 70.1 Å². The van der Waals surface area contributed by atoms with Crippen molar-refractivity contribution >= 4 is 45.9 Å². The number of aromatic nitrogens is 1. The van der Waals surface area contributed by atoms with E-state index in [0.717, 1.165) is 6.42 Å². The number of ketones is 1. The molecule has 1 aliphatic carbocycles. The summed E-state index contributed by atoms with van der Waals surface area (Å²) in [5, 5.41) is 6.94. The molecule has 2 amide bonds. The zero-order valence-corrected chi connectivity index (χ0v) is 20.8. The monoisotopic (exact) mass is 524 g/mol. The quantitative estimate of drug-likeness (QED) is 0.143. The van der Waals surface area contributed by atoms with Gasteiger partial charge in [0, 0.05) is 46.4 Å². The molecule has 1 unspecified atom stereocenters. The van der Waals surface area contributed by atoms with Crippen molar-refractivity contribution in [3.63, 3.8) is 0 Å². The third kappa shape index (κ3) is 4.53. The topological polar surface area (TPSA) is 136 Å². The van der Waals surface area contributed by atoms with Crippen LogP contribution >= 0.6 is 11.6 Å². The van der Waals surface area contributed by atoms with Crippen LogP contribution in [-0.2, 0) is 22.7 Å². The first-order valence-electron chi connectivity index (χ1n) is 11.9. The summed E-state index contributed by atoms with van der Waals surface area (Å²) in [4.78, 5) is 40.5. The number of likely N-dealkylation sites (tertiary alicyclic amines) is 1. The van der Waals surface area contributed by atoms with Gasteiger partial charge in [0.1, 0.15) is 24.2 Å². The van der Waals surface area contributed by atoms with Crippen LogP contribution < -0.4 is 16.9 Å². The largest absolute Gasteiger partial charge is 0.382 e. The third-order valence-electron chi connectivity index (χ3n) is 7.18. The Morgan fingerprint density at radius 3 is 2.73 bits per heavy atom. The van der Waals surface area contributed by atoms with Gasteiger partial charge >= 0.3 is 0 Å². The molecule has 1 saturated heterocycles. The van der Waals surface area contributed by atoms with Crippen LogP contribution in [0.15, 0.2) is 47.7 Å². The number of rotatable bonds is 7. The summed E-state index contributed by atoms with van der Waals surface area (Å²) in [6, 6.07) is 9.14. The maximum absolute atomic E-state index is 14.2. The first-order chi connectivity index (χ1) is 17.7. The van der Waals surface area contributed by atoms with Crippen molar-refractivity contribution in [1.29, 1.82) is 0 Å². The lowest BCUT2D eigenvalue weighted by molar-refractivity contribution is -0.140. The van der Waals surface area contributed by atoms with Gasteiger partial charge in [0.2, 0.25) is 11.8 Å². The van der Waals surface area contributed by atoms with Crippen molar-refractivity contribution in [2.24, 2.45) is 22.6 Å². The van der Waals surface area contributed by atoms with Crippen LogP contribution in [0.5, 0.6) is 0 Å². The fraction of sp³-hybridized carbons (Fsp3) is 0.308. The molecule has 2 fully saturated rings. The van der Waals surface area contributed by atoms with E-state index in [0.29, 0.717) is 28.5 Å². The van der Waals surface area contributed by atoms with Crippen molar-refractivity contribution in [1.82, 2.24) is 14.8 Å². The molecule has 1 saturated carbocycles. The van der Waals surface area contributed by atoms with Gasteiger partial charge in [-0.2, -0.15) is 5.10 Å². The van der Waals surface area contributed by atoms with Gasteiger partial charge in [0.25, 0.3) is 0 Å². The molecule has 5 N–H and O–H groups in total. The molecule has 2 aliphatic rings. The number of nitrogens with one attached hydrogen (secondary N) is 1. The first kappa shape index (κ1) is 24.8. The Labute approximate surface area is 217 Å².